The van der Waals surface area contributed by atoms with Crippen LogP contribution in [0.5, 0.6) is 0 Å². The van der Waals surface area contributed by atoms with Gasteiger partial charge in [0.15, 0.2) is 8.32 Å². The number of aliphatic hydroxyl groups is 1. The highest BCUT2D eigenvalue weighted by molar-refractivity contribution is 6.74. The van der Waals surface area contributed by atoms with Gasteiger partial charge in [0, 0.05) is 6.42 Å². The second-order valence-electron chi connectivity index (χ2n) is 6.84. The van der Waals surface area contributed by atoms with Crippen LogP contribution in [0.25, 0.3) is 0 Å². The van der Waals surface area contributed by atoms with Gasteiger partial charge in [0.05, 0.1) is 12.7 Å². The van der Waals surface area contributed by atoms with Crippen molar-refractivity contribution < 1.29 is 13.9 Å². The lowest BCUT2D eigenvalue weighted by molar-refractivity contribution is 0.131. The van der Waals surface area contributed by atoms with Crippen LogP contribution in [0.15, 0.2) is 23.8 Å². The van der Waals surface area contributed by atoms with Gasteiger partial charge in [-0.2, -0.15) is 0 Å². The molecule has 2 atom stereocenters. The number of hydrogen-bond acceptors (Lipinski definition) is 2. The molecule has 2 nitrogen and oxygen atoms in total. The van der Waals surface area contributed by atoms with E-state index in [4.69, 9.17) is 9.53 Å². The average molecular weight is 286 g/mol. The number of hydrogen-bond donors (Lipinski definition) is 1. The Bertz CT molecular complexity index is 369. The molecule has 0 bridgehead atoms. The zero-order valence-electron chi connectivity index (χ0n) is 12.8. The van der Waals surface area contributed by atoms with Gasteiger partial charge in [-0.05, 0) is 35.7 Å². The van der Waals surface area contributed by atoms with Crippen LogP contribution in [0, 0.1) is 0 Å². The minimum absolute atomic E-state index is 0.0755. The standard InChI is InChI=1S/C15H27FO2Si/c1-11-12(7-8-17)9-13(10-14(11)16)18-19(5,6)15(2,3)4/h7,13-14,17H,1,8-10H2,2-6H3/b12-7-/t13-,14+/m1/s1. The van der Waals surface area contributed by atoms with E-state index in [0.717, 1.165) is 5.57 Å². The van der Waals surface area contributed by atoms with Crippen LogP contribution < -0.4 is 0 Å². The van der Waals surface area contributed by atoms with E-state index >= 15 is 0 Å². The van der Waals surface area contributed by atoms with E-state index in [9.17, 15) is 4.39 Å². The monoisotopic (exact) mass is 286 g/mol. The molecule has 0 heterocycles. The Morgan fingerprint density at radius 3 is 2.53 bits per heavy atom. The third kappa shape index (κ3) is 4.00. The third-order valence-corrected chi connectivity index (χ3v) is 8.85. The Labute approximate surface area is 117 Å². The summed E-state index contributed by atoms with van der Waals surface area (Å²) in [7, 11) is -1.88. The van der Waals surface area contributed by atoms with Crippen LogP contribution in [0.4, 0.5) is 4.39 Å². The lowest BCUT2D eigenvalue weighted by Crippen LogP contribution is -2.45. The van der Waals surface area contributed by atoms with Gasteiger partial charge in [0.25, 0.3) is 0 Å². The summed E-state index contributed by atoms with van der Waals surface area (Å²) in [4.78, 5) is 0. The van der Waals surface area contributed by atoms with E-state index in [1.807, 2.05) is 0 Å². The molecule has 19 heavy (non-hydrogen) atoms. The molecule has 0 aromatic carbocycles. The normalized spacial score (nSPS) is 27.9. The average Bonchev–Trinajstić information content (AvgIpc) is 2.23. The van der Waals surface area contributed by atoms with E-state index < -0.39 is 14.5 Å². The third-order valence-electron chi connectivity index (χ3n) is 4.31. The van der Waals surface area contributed by atoms with Crippen LogP contribution in [0.3, 0.4) is 0 Å². The van der Waals surface area contributed by atoms with Crippen molar-refractivity contribution in [3.8, 4) is 0 Å². The molecule has 4 heteroatoms. The Balaban J connectivity index is 2.81. The molecule has 0 radical (unpaired) electrons. The first-order valence-corrected chi connectivity index (χ1v) is 9.80. The van der Waals surface area contributed by atoms with Crippen LogP contribution >= 0.6 is 0 Å². The van der Waals surface area contributed by atoms with Gasteiger partial charge in [-0.3, -0.25) is 0 Å². The molecule has 0 amide bonds. The highest BCUT2D eigenvalue weighted by atomic mass is 28.4. The highest BCUT2D eigenvalue weighted by Crippen LogP contribution is 2.40. The molecule has 0 aromatic heterocycles. The molecule has 0 spiro atoms. The summed E-state index contributed by atoms with van der Waals surface area (Å²) in [6.07, 6.45) is 1.54. The molecule has 0 aliphatic heterocycles. The maximum Gasteiger partial charge on any atom is 0.192 e. The second-order valence-corrected chi connectivity index (χ2v) is 11.6. The predicted molar refractivity (Wildman–Crippen MR) is 80.5 cm³/mol. The van der Waals surface area contributed by atoms with Crippen LogP contribution in [-0.4, -0.2) is 32.3 Å². The highest BCUT2D eigenvalue weighted by Gasteiger charge is 2.41. The Kier molecular flexibility index (Phi) is 5.15. The number of rotatable bonds is 3. The van der Waals surface area contributed by atoms with Gasteiger partial charge in [0.1, 0.15) is 6.17 Å². The number of aliphatic hydroxyl groups excluding tert-OH is 1. The van der Waals surface area contributed by atoms with Crippen molar-refractivity contribution in [2.45, 2.75) is 64.0 Å². The van der Waals surface area contributed by atoms with Gasteiger partial charge >= 0.3 is 0 Å². The zero-order chi connectivity index (χ0) is 14.8. The van der Waals surface area contributed by atoms with E-state index in [1.54, 1.807) is 6.08 Å². The van der Waals surface area contributed by atoms with Gasteiger partial charge in [0.2, 0.25) is 0 Å². The first kappa shape index (κ1) is 16.6. The summed E-state index contributed by atoms with van der Waals surface area (Å²) < 4.78 is 20.3. The minimum atomic E-state index is -1.88. The van der Waals surface area contributed by atoms with Crippen molar-refractivity contribution in [3.63, 3.8) is 0 Å². The molecule has 110 valence electrons. The smallest absolute Gasteiger partial charge is 0.192 e. The molecule has 1 N–H and O–H groups in total. The number of allylic oxidation sites excluding steroid dienone is 1. The summed E-state index contributed by atoms with van der Waals surface area (Å²) >= 11 is 0. The van der Waals surface area contributed by atoms with Crippen molar-refractivity contribution in [3.05, 3.63) is 23.8 Å². The SMILES string of the molecule is C=C1/C(=C\CO)C[C@@H](O[Si](C)(C)C(C)(C)C)C[C@@H]1F. The van der Waals surface area contributed by atoms with E-state index in [0.29, 0.717) is 18.4 Å². The molecule has 0 aromatic rings. The summed E-state index contributed by atoms with van der Waals surface area (Å²) in [6.45, 7) is 14.6. The number of halogens is 1. The predicted octanol–water partition coefficient (Wildman–Crippen LogP) is 3.98. The molecule has 0 saturated heterocycles. The lowest BCUT2D eigenvalue weighted by Gasteiger charge is -2.41. The van der Waals surface area contributed by atoms with Gasteiger partial charge in [-0.25, -0.2) is 4.39 Å². The Hall–Kier alpha value is -0.453. The van der Waals surface area contributed by atoms with E-state index in [-0.39, 0.29) is 17.7 Å². The van der Waals surface area contributed by atoms with Crippen LogP contribution in [0.1, 0.15) is 33.6 Å². The fraction of sp³-hybridized carbons (Fsp3) is 0.733. The summed E-state index contributed by atoms with van der Waals surface area (Å²) in [6, 6.07) is 0. The van der Waals surface area contributed by atoms with Gasteiger partial charge in [-0.15, -0.1) is 0 Å². The molecule has 1 saturated carbocycles. The fourth-order valence-electron chi connectivity index (χ4n) is 2.04. The molecular formula is C15H27FO2Si. The maximum atomic E-state index is 14.0. The van der Waals surface area contributed by atoms with Gasteiger partial charge in [-0.1, -0.05) is 33.4 Å². The van der Waals surface area contributed by atoms with Crippen LogP contribution in [0.2, 0.25) is 18.1 Å². The van der Waals surface area contributed by atoms with Crippen molar-refractivity contribution in [1.82, 2.24) is 0 Å². The molecule has 1 aliphatic rings. The largest absolute Gasteiger partial charge is 0.413 e. The Morgan fingerprint density at radius 2 is 2.05 bits per heavy atom. The van der Waals surface area contributed by atoms with Crippen molar-refractivity contribution in [1.29, 1.82) is 0 Å². The molecule has 1 rings (SSSR count). The van der Waals surface area contributed by atoms with Crippen molar-refractivity contribution >= 4 is 8.32 Å². The summed E-state index contributed by atoms with van der Waals surface area (Å²) in [5.41, 5.74) is 1.31. The van der Waals surface area contributed by atoms with Crippen LogP contribution in [-0.2, 0) is 4.43 Å². The molecule has 0 unspecified atom stereocenters. The Morgan fingerprint density at radius 1 is 1.47 bits per heavy atom. The molecule has 1 aliphatic carbocycles. The summed E-state index contributed by atoms with van der Waals surface area (Å²) in [5, 5.41) is 9.12. The molecule has 1 fully saturated rings. The lowest BCUT2D eigenvalue weighted by atomic mass is 9.87. The minimum Gasteiger partial charge on any atom is -0.413 e. The van der Waals surface area contributed by atoms with Crippen molar-refractivity contribution in [2.75, 3.05) is 6.61 Å². The first-order chi connectivity index (χ1) is 8.58. The van der Waals surface area contributed by atoms with E-state index in [2.05, 4.69) is 40.4 Å². The zero-order valence-corrected chi connectivity index (χ0v) is 13.8. The van der Waals surface area contributed by atoms with Gasteiger partial charge < -0.3 is 9.53 Å². The second kappa shape index (κ2) is 5.90. The summed E-state index contributed by atoms with van der Waals surface area (Å²) in [5.74, 6) is 0. The number of alkyl halides is 1. The maximum absolute atomic E-state index is 14.0. The first-order valence-electron chi connectivity index (χ1n) is 6.89. The molecular weight excluding hydrogens is 259 g/mol. The quantitative estimate of drug-likeness (QED) is 0.795. The van der Waals surface area contributed by atoms with Crippen molar-refractivity contribution in [2.24, 2.45) is 0 Å². The van der Waals surface area contributed by atoms with E-state index in [1.165, 1.54) is 0 Å². The topological polar surface area (TPSA) is 29.5 Å². The fourth-order valence-corrected chi connectivity index (χ4v) is 3.41.